The van der Waals surface area contributed by atoms with E-state index in [1.165, 1.54) is 5.56 Å². The molecule has 1 heterocycles. The highest BCUT2D eigenvalue weighted by Gasteiger charge is 2.07. The van der Waals surface area contributed by atoms with Crippen molar-refractivity contribution in [1.82, 2.24) is 4.98 Å². The van der Waals surface area contributed by atoms with Gasteiger partial charge in [0, 0.05) is 10.9 Å². The van der Waals surface area contributed by atoms with E-state index >= 15 is 0 Å². The fourth-order valence-electron chi connectivity index (χ4n) is 1.32. The highest BCUT2D eigenvalue weighted by molar-refractivity contribution is 9.08. The molecule has 0 spiro atoms. The van der Waals surface area contributed by atoms with Crippen molar-refractivity contribution in [1.29, 1.82) is 0 Å². The topological polar surface area (TPSA) is 26.0 Å². The summed E-state index contributed by atoms with van der Waals surface area (Å²) < 4.78 is 5.48. The van der Waals surface area contributed by atoms with Gasteiger partial charge in [-0.05, 0) is 18.6 Å². The zero-order valence-electron chi connectivity index (χ0n) is 7.83. The Morgan fingerprint density at radius 1 is 1.36 bits per heavy atom. The molecule has 2 rings (SSSR count). The van der Waals surface area contributed by atoms with Crippen LogP contribution in [-0.2, 0) is 5.33 Å². The molecule has 0 N–H and O–H groups in total. The number of alkyl halides is 1. The van der Waals surface area contributed by atoms with Crippen LogP contribution in [0, 0.1) is 6.92 Å². The van der Waals surface area contributed by atoms with E-state index < -0.39 is 0 Å². The number of nitrogens with zero attached hydrogens (tertiary/aromatic N) is 1. The molecule has 2 aromatic rings. The van der Waals surface area contributed by atoms with Crippen LogP contribution in [0.25, 0.3) is 11.5 Å². The Bertz CT molecular complexity index is 436. The van der Waals surface area contributed by atoms with Gasteiger partial charge in [0.25, 0.3) is 0 Å². The van der Waals surface area contributed by atoms with Gasteiger partial charge in [-0.3, -0.25) is 0 Å². The molecule has 0 amide bonds. The Kier molecular flexibility index (Phi) is 2.68. The predicted octanol–water partition coefficient (Wildman–Crippen LogP) is 3.54. The maximum Gasteiger partial charge on any atom is 0.226 e. The second-order valence-corrected chi connectivity index (χ2v) is 3.63. The first-order valence-electron chi connectivity index (χ1n) is 4.38. The van der Waals surface area contributed by atoms with Crippen LogP contribution in [0.4, 0.5) is 0 Å². The lowest BCUT2D eigenvalue weighted by atomic mass is 10.1. The number of aromatic nitrogens is 1. The van der Waals surface area contributed by atoms with Gasteiger partial charge in [0.1, 0.15) is 5.76 Å². The molecule has 0 fully saturated rings. The van der Waals surface area contributed by atoms with Crippen LogP contribution in [-0.4, -0.2) is 4.98 Å². The molecule has 1 aromatic carbocycles. The van der Waals surface area contributed by atoms with E-state index in [4.69, 9.17) is 4.42 Å². The molecule has 14 heavy (non-hydrogen) atoms. The quantitative estimate of drug-likeness (QED) is 0.764. The highest BCUT2D eigenvalue weighted by atomic mass is 79.9. The van der Waals surface area contributed by atoms with Crippen molar-refractivity contribution in [3.8, 4) is 11.5 Å². The maximum atomic E-state index is 5.48. The number of oxazole rings is 1. The summed E-state index contributed by atoms with van der Waals surface area (Å²) in [5, 5.41) is 0.810. The largest absolute Gasteiger partial charge is 0.441 e. The van der Waals surface area contributed by atoms with Crippen LogP contribution < -0.4 is 0 Å². The van der Waals surface area contributed by atoms with Crippen LogP contribution in [0.2, 0.25) is 0 Å². The Hall–Kier alpha value is -1.09. The van der Waals surface area contributed by atoms with Gasteiger partial charge in [-0.2, -0.15) is 0 Å². The lowest BCUT2D eigenvalue weighted by Crippen LogP contribution is -1.84. The van der Waals surface area contributed by atoms with Crippen LogP contribution in [0.5, 0.6) is 0 Å². The molecular weight excluding hydrogens is 242 g/mol. The smallest absolute Gasteiger partial charge is 0.226 e. The fourth-order valence-corrected chi connectivity index (χ4v) is 1.81. The van der Waals surface area contributed by atoms with Crippen LogP contribution in [0.15, 0.2) is 34.9 Å². The second kappa shape index (κ2) is 3.96. The van der Waals surface area contributed by atoms with Crippen molar-refractivity contribution in [2.24, 2.45) is 0 Å². The molecule has 3 heteroatoms. The number of hydrogen-bond donors (Lipinski definition) is 0. The first-order chi connectivity index (χ1) is 6.81. The summed E-state index contributed by atoms with van der Waals surface area (Å²) in [6, 6.07) is 8.07. The lowest BCUT2D eigenvalue weighted by molar-refractivity contribution is 0.542. The van der Waals surface area contributed by atoms with Crippen molar-refractivity contribution in [3.05, 3.63) is 41.8 Å². The standard InChI is InChI=1S/C11H10BrNO/c1-8-7-13-11(14-8)10-5-3-2-4-9(10)6-12/h2-5,7H,6H2,1H3. The van der Waals surface area contributed by atoms with Crippen molar-refractivity contribution in [2.45, 2.75) is 12.3 Å². The Morgan fingerprint density at radius 2 is 2.14 bits per heavy atom. The zero-order chi connectivity index (χ0) is 9.97. The van der Waals surface area contributed by atoms with Crippen LogP contribution in [0.1, 0.15) is 11.3 Å². The Balaban J connectivity index is 2.50. The van der Waals surface area contributed by atoms with E-state index in [0.717, 1.165) is 16.7 Å². The minimum absolute atomic E-state index is 0.692. The summed E-state index contributed by atoms with van der Waals surface area (Å²) in [7, 11) is 0. The normalized spacial score (nSPS) is 10.4. The molecule has 1 aromatic heterocycles. The monoisotopic (exact) mass is 251 g/mol. The SMILES string of the molecule is Cc1cnc(-c2ccccc2CBr)o1. The summed E-state index contributed by atoms with van der Waals surface area (Å²) in [5.74, 6) is 1.53. The third kappa shape index (κ3) is 1.73. The molecule has 0 bridgehead atoms. The summed E-state index contributed by atoms with van der Waals surface area (Å²) in [5.41, 5.74) is 2.24. The minimum atomic E-state index is 0.692. The van der Waals surface area contributed by atoms with Gasteiger partial charge in [-0.15, -0.1) is 0 Å². The van der Waals surface area contributed by atoms with Crippen LogP contribution >= 0.6 is 15.9 Å². The highest BCUT2D eigenvalue weighted by Crippen LogP contribution is 2.24. The molecule has 0 unspecified atom stereocenters. The number of hydrogen-bond acceptors (Lipinski definition) is 2. The molecule has 0 saturated heterocycles. The van der Waals surface area contributed by atoms with Crippen molar-refractivity contribution >= 4 is 15.9 Å². The summed E-state index contributed by atoms with van der Waals surface area (Å²) in [6.45, 7) is 1.90. The van der Waals surface area contributed by atoms with E-state index in [9.17, 15) is 0 Å². The first-order valence-corrected chi connectivity index (χ1v) is 5.50. The summed E-state index contributed by atoms with van der Waals surface area (Å²) >= 11 is 3.44. The van der Waals surface area contributed by atoms with Gasteiger partial charge in [0.2, 0.25) is 5.89 Å². The van der Waals surface area contributed by atoms with Gasteiger partial charge in [0.15, 0.2) is 0 Å². The lowest BCUT2D eigenvalue weighted by Gasteiger charge is -2.01. The summed E-state index contributed by atoms with van der Waals surface area (Å²) in [6.07, 6.45) is 1.74. The molecule has 0 radical (unpaired) electrons. The number of aryl methyl sites for hydroxylation is 1. The molecule has 0 aliphatic carbocycles. The first kappa shape index (κ1) is 9.46. The number of benzene rings is 1. The van der Waals surface area contributed by atoms with Crippen LogP contribution in [0.3, 0.4) is 0 Å². The molecule has 0 aliphatic rings. The fraction of sp³-hybridized carbons (Fsp3) is 0.182. The predicted molar refractivity (Wildman–Crippen MR) is 59.3 cm³/mol. The molecule has 72 valence electrons. The second-order valence-electron chi connectivity index (χ2n) is 3.07. The average molecular weight is 252 g/mol. The number of rotatable bonds is 2. The molecule has 0 atom stereocenters. The zero-order valence-corrected chi connectivity index (χ0v) is 9.41. The van der Waals surface area contributed by atoms with E-state index in [0.29, 0.717) is 5.89 Å². The van der Waals surface area contributed by atoms with Gasteiger partial charge in [-0.1, -0.05) is 34.1 Å². The third-order valence-electron chi connectivity index (χ3n) is 2.01. The molecular formula is C11H10BrNO. The van der Waals surface area contributed by atoms with Crippen molar-refractivity contribution in [2.75, 3.05) is 0 Å². The van der Waals surface area contributed by atoms with Gasteiger partial charge < -0.3 is 4.42 Å². The molecule has 2 nitrogen and oxygen atoms in total. The van der Waals surface area contributed by atoms with E-state index in [-0.39, 0.29) is 0 Å². The Labute approximate surface area is 91.1 Å². The molecule has 0 aliphatic heterocycles. The van der Waals surface area contributed by atoms with E-state index in [1.54, 1.807) is 6.20 Å². The summed E-state index contributed by atoms with van der Waals surface area (Å²) in [4.78, 5) is 4.21. The Morgan fingerprint density at radius 3 is 2.79 bits per heavy atom. The minimum Gasteiger partial charge on any atom is -0.441 e. The number of halogens is 1. The van der Waals surface area contributed by atoms with Gasteiger partial charge >= 0.3 is 0 Å². The van der Waals surface area contributed by atoms with E-state index in [2.05, 4.69) is 27.0 Å². The van der Waals surface area contributed by atoms with E-state index in [1.807, 2.05) is 25.1 Å². The van der Waals surface area contributed by atoms with Crippen molar-refractivity contribution in [3.63, 3.8) is 0 Å². The average Bonchev–Trinajstić information content (AvgIpc) is 2.65. The third-order valence-corrected chi connectivity index (χ3v) is 2.62. The van der Waals surface area contributed by atoms with Gasteiger partial charge in [0.05, 0.1) is 6.20 Å². The van der Waals surface area contributed by atoms with Crippen molar-refractivity contribution < 1.29 is 4.42 Å². The van der Waals surface area contributed by atoms with Gasteiger partial charge in [-0.25, -0.2) is 4.98 Å². The molecule has 0 saturated carbocycles. The maximum absolute atomic E-state index is 5.48.